The smallest absolute Gasteiger partial charge is 0.224 e. The normalized spacial score (nSPS) is 17.4. The molecule has 0 saturated carbocycles. The van der Waals surface area contributed by atoms with Crippen molar-refractivity contribution in [2.24, 2.45) is 0 Å². The number of likely N-dealkylation sites (tertiary alicyclic amines) is 1. The summed E-state index contributed by atoms with van der Waals surface area (Å²) in [7, 11) is 0. The highest BCUT2D eigenvalue weighted by atomic mass is 32.1. The molecule has 2 aromatic carbocycles. The van der Waals surface area contributed by atoms with Gasteiger partial charge in [-0.1, -0.05) is 24.3 Å². The molecule has 0 spiro atoms. The number of carbonyl (C=O) groups excluding carboxylic acids is 1. The summed E-state index contributed by atoms with van der Waals surface area (Å²) < 4.78 is 3.27. The number of fused-ring (bicyclic) bond motifs is 2. The molecule has 0 aliphatic carbocycles. The number of hydrogen-bond donors (Lipinski definition) is 0. The number of hydrogen-bond acceptors (Lipinski definition) is 4. The lowest BCUT2D eigenvalue weighted by molar-refractivity contribution is -0.135. The molecule has 1 amide bonds. The first kappa shape index (κ1) is 17.4. The van der Waals surface area contributed by atoms with E-state index in [2.05, 4.69) is 32.7 Å². The van der Waals surface area contributed by atoms with Crippen molar-refractivity contribution in [2.75, 3.05) is 6.54 Å². The maximum atomic E-state index is 13.1. The zero-order valence-corrected chi connectivity index (χ0v) is 16.4. The van der Waals surface area contributed by atoms with E-state index in [9.17, 15) is 4.79 Å². The van der Waals surface area contributed by atoms with Gasteiger partial charge in [0.2, 0.25) is 5.91 Å². The third-order valence-corrected chi connectivity index (χ3v) is 6.65. The molecule has 0 radical (unpaired) electrons. The molecule has 0 N–H and O–H groups in total. The summed E-state index contributed by atoms with van der Waals surface area (Å²) >= 11 is 1.72. The third kappa shape index (κ3) is 3.18. The summed E-state index contributed by atoms with van der Waals surface area (Å²) in [5.41, 5.74) is 3.09. The molecule has 1 aliphatic rings. The largest absolute Gasteiger partial charge is 0.333 e. The molecule has 2 aromatic heterocycles. The Hall–Kier alpha value is -2.73. The van der Waals surface area contributed by atoms with Crippen LogP contribution in [0.4, 0.5) is 0 Å². The van der Waals surface area contributed by atoms with E-state index in [4.69, 9.17) is 4.98 Å². The molecule has 5 nitrogen and oxygen atoms in total. The summed E-state index contributed by atoms with van der Waals surface area (Å²) in [4.78, 5) is 24.4. The molecule has 3 heterocycles. The van der Waals surface area contributed by atoms with Crippen molar-refractivity contribution in [1.29, 1.82) is 0 Å². The molecule has 6 heteroatoms. The lowest BCUT2D eigenvalue weighted by atomic mass is 10.0. The second-order valence-corrected chi connectivity index (χ2v) is 8.36. The Morgan fingerprint density at radius 3 is 2.79 bits per heavy atom. The zero-order valence-electron chi connectivity index (χ0n) is 15.6. The first-order valence-corrected chi connectivity index (χ1v) is 10.7. The maximum Gasteiger partial charge on any atom is 0.224 e. The monoisotopic (exact) mass is 390 g/mol. The Kier molecular flexibility index (Phi) is 4.56. The molecular formula is C22H22N4OS. The van der Waals surface area contributed by atoms with E-state index in [1.54, 1.807) is 11.3 Å². The minimum absolute atomic E-state index is 0.109. The van der Waals surface area contributed by atoms with Crippen LogP contribution in [0.5, 0.6) is 0 Å². The Morgan fingerprint density at radius 2 is 1.89 bits per heavy atom. The van der Waals surface area contributed by atoms with Gasteiger partial charge in [-0.25, -0.2) is 9.97 Å². The minimum atomic E-state index is 0.109. The van der Waals surface area contributed by atoms with E-state index in [1.807, 2.05) is 36.7 Å². The van der Waals surface area contributed by atoms with Gasteiger partial charge in [-0.05, 0) is 43.5 Å². The number of piperidine rings is 1. The summed E-state index contributed by atoms with van der Waals surface area (Å²) in [6.07, 6.45) is 5.54. The number of para-hydroxylation sites is 3. The Morgan fingerprint density at radius 1 is 1.07 bits per heavy atom. The van der Waals surface area contributed by atoms with E-state index in [0.29, 0.717) is 13.0 Å². The SMILES string of the molecule is O=C(CCn1cnc2ccccc21)N1CCCCC1c1nc2ccccc2s1. The van der Waals surface area contributed by atoms with Crippen LogP contribution in [0.15, 0.2) is 54.9 Å². The molecule has 1 aliphatic heterocycles. The molecule has 1 unspecified atom stereocenters. The number of benzene rings is 2. The number of thiazole rings is 1. The van der Waals surface area contributed by atoms with Crippen molar-refractivity contribution in [3.05, 3.63) is 59.9 Å². The van der Waals surface area contributed by atoms with Crippen LogP contribution in [-0.2, 0) is 11.3 Å². The van der Waals surface area contributed by atoms with Crippen molar-refractivity contribution in [3.63, 3.8) is 0 Å². The lowest BCUT2D eigenvalue weighted by Gasteiger charge is -2.34. The van der Waals surface area contributed by atoms with Gasteiger partial charge in [0, 0.05) is 19.5 Å². The van der Waals surface area contributed by atoms with Gasteiger partial charge < -0.3 is 9.47 Å². The molecule has 28 heavy (non-hydrogen) atoms. The maximum absolute atomic E-state index is 13.1. The third-order valence-electron chi connectivity index (χ3n) is 5.51. The highest BCUT2D eigenvalue weighted by molar-refractivity contribution is 7.18. The minimum Gasteiger partial charge on any atom is -0.333 e. The highest BCUT2D eigenvalue weighted by Gasteiger charge is 2.30. The van der Waals surface area contributed by atoms with Crippen molar-refractivity contribution in [3.8, 4) is 0 Å². The number of amides is 1. The Balaban J connectivity index is 1.34. The number of carbonyl (C=O) groups is 1. The van der Waals surface area contributed by atoms with Gasteiger partial charge in [-0.3, -0.25) is 4.79 Å². The second-order valence-electron chi connectivity index (χ2n) is 7.30. The molecule has 142 valence electrons. The molecule has 5 rings (SSSR count). The van der Waals surface area contributed by atoms with Gasteiger partial charge in [-0.2, -0.15) is 0 Å². The first-order chi connectivity index (χ1) is 13.8. The number of aryl methyl sites for hydroxylation is 1. The summed E-state index contributed by atoms with van der Waals surface area (Å²) in [6, 6.07) is 16.4. The van der Waals surface area contributed by atoms with Crippen molar-refractivity contribution in [1.82, 2.24) is 19.4 Å². The van der Waals surface area contributed by atoms with E-state index in [0.717, 1.165) is 47.4 Å². The van der Waals surface area contributed by atoms with Gasteiger partial charge in [0.05, 0.1) is 33.6 Å². The highest BCUT2D eigenvalue weighted by Crippen LogP contribution is 2.36. The molecule has 4 aromatic rings. The van der Waals surface area contributed by atoms with Gasteiger partial charge in [0.1, 0.15) is 5.01 Å². The van der Waals surface area contributed by atoms with E-state index in [-0.39, 0.29) is 11.9 Å². The van der Waals surface area contributed by atoms with Crippen molar-refractivity contribution < 1.29 is 4.79 Å². The number of aromatic nitrogens is 3. The number of rotatable bonds is 4. The first-order valence-electron chi connectivity index (χ1n) is 9.84. The van der Waals surface area contributed by atoms with E-state index in [1.165, 1.54) is 4.70 Å². The van der Waals surface area contributed by atoms with Crippen LogP contribution in [0, 0.1) is 0 Å². The fourth-order valence-electron chi connectivity index (χ4n) is 4.07. The predicted octanol–water partition coefficient (Wildman–Crippen LogP) is 4.79. The quantitative estimate of drug-likeness (QED) is 0.503. The molecular weight excluding hydrogens is 368 g/mol. The van der Waals surface area contributed by atoms with Crippen LogP contribution in [0.3, 0.4) is 0 Å². The molecule has 1 atom stereocenters. The Bertz CT molecular complexity index is 1100. The van der Waals surface area contributed by atoms with Gasteiger partial charge in [0.25, 0.3) is 0 Å². The van der Waals surface area contributed by atoms with Gasteiger partial charge in [0.15, 0.2) is 0 Å². The predicted molar refractivity (Wildman–Crippen MR) is 112 cm³/mol. The average Bonchev–Trinajstić information content (AvgIpc) is 3.36. The van der Waals surface area contributed by atoms with E-state index >= 15 is 0 Å². The summed E-state index contributed by atoms with van der Waals surface area (Å²) in [5, 5.41) is 1.07. The van der Waals surface area contributed by atoms with Crippen LogP contribution < -0.4 is 0 Å². The van der Waals surface area contributed by atoms with Gasteiger partial charge >= 0.3 is 0 Å². The number of imidazole rings is 1. The molecule has 1 saturated heterocycles. The van der Waals surface area contributed by atoms with Crippen LogP contribution >= 0.6 is 11.3 Å². The summed E-state index contributed by atoms with van der Waals surface area (Å²) in [6.45, 7) is 1.48. The lowest BCUT2D eigenvalue weighted by Crippen LogP contribution is -2.38. The number of nitrogens with zero attached hydrogens (tertiary/aromatic N) is 4. The van der Waals surface area contributed by atoms with Crippen LogP contribution in [0.1, 0.15) is 36.7 Å². The molecule has 0 bridgehead atoms. The fraction of sp³-hybridized carbons (Fsp3) is 0.318. The van der Waals surface area contributed by atoms with E-state index < -0.39 is 0 Å². The second kappa shape index (κ2) is 7.36. The van der Waals surface area contributed by atoms with Crippen LogP contribution in [0.2, 0.25) is 0 Å². The van der Waals surface area contributed by atoms with Crippen molar-refractivity contribution >= 4 is 38.5 Å². The fourth-order valence-corrected chi connectivity index (χ4v) is 5.18. The van der Waals surface area contributed by atoms with Crippen molar-refractivity contribution in [2.45, 2.75) is 38.3 Å². The van der Waals surface area contributed by atoms with Crippen LogP contribution in [0.25, 0.3) is 21.3 Å². The molecule has 1 fully saturated rings. The Labute approximate surface area is 167 Å². The van der Waals surface area contributed by atoms with Gasteiger partial charge in [-0.15, -0.1) is 11.3 Å². The average molecular weight is 391 g/mol. The topological polar surface area (TPSA) is 51.0 Å². The standard InChI is InChI=1S/C22H22N4OS/c27-21(12-14-25-15-23-16-7-1-3-9-18(16)25)26-13-6-5-10-19(26)22-24-17-8-2-4-11-20(17)28-22/h1-4,7-9,11,15,19H,5-6,10,12-14H2. The van der Waals surface area contributed by atoms with Crippen LogP contribution in [-0.4, -0.2) is 31.9 Å². The zero-order chi connectivity index (χ0) is 18.9. The summed E-state index contributed by atoms with van der Waals surface area (Å²) in [5.74, 6) is 0.210.